The molecule has 0 spiro atoms. The van der Waals surface area contributed by atoms with Gasteiger partial charge in [-0.3, -0.25) is 4.79 Å². The highest BCUT2D eigenvalue weighted by Gasteiger charge is 2.39. The Kier molecular flexibility index (Phi) is 5.15. The lowest BCUT2D eigenvalue weighted by Crippen LogP contribution is -2.47. The molecular weight excluding hydrogens is 362 g/mol. The molecule has 1 atom stereocenters. The predicted molar refractivity (Wildman–Crippen MR) is 104 cm³/mol. The fourth-order valence-electron chi connectivity index (χ4n) is 3.62. The monoisotopic (exact) mass is 383 g/mol. The van der Waals surface area contributed by atoms with Gasteiger partial charge in [0.05, 0.1) is 18.3 Å². The zero-order valence-electron chi connectivity index (χ0n) is 14.8. The number of rotatable bonds is 5. The maximum absolute atomic E-state index is 12.7. The van der Waals surface area contributed by atoms with Crippen LogP contribution >= 0.6 is 11.7 Å². The van der Waals surface area contributed by atoms with E-state index in [-0.39, 0.29) is 18.4 Å². The molecule has 0 aliphatic carbocycles. The molecule has 7 heteroatoms. The SMILES string of the molecule is O=C(NCC(O)(c1ccccc1)C1CCOCC1)c1ccc2nsnc2c1. The lowest BCUT2D eigenvalue weighted by Gasteiger charge is -2.39. The third-order valence-corrected chi connectivity index (χ3v) is 5.76. The molecule has 140 valence electrons. The van der Waals surface area contributed by atoms with Gasteiger partial charge < -0.3 is 15.2 Å². The summed E-state index contributed by atoms with van der Waals surface area (Å²) >= 11 is 1.12. The fraction of sp³-hybridized carbons (Fsp3) is 0.350. The summed E-state index contributed by atoms with van der Waals surface area (Å²) in [6, 6.07) is 14.8. The van der Waals surface area contributed by atoms with Crippen LogP contribution in [0.1, 0.15) is 28.8 Å². The first-order valence-electron chi connectivity index (χ1n) is 9.03. The number of fused-ring (bicyclic) bond motifs is 1. The van der Waals surface area contributed by atoms with E-state index in [2.05, 4.69) is 14.1 Å². The Morgan fingerprint density at radius 3 is 2.67 bits per heavy atom. The second kappa shape index (κ2) is 7.72. The zero-order chi connectivity index (χ0) is 18.7. The number of carbonyl (C=O) groups excluding carboxylic acids is 1. The molecule has 1 aliphatic heterocycles. The third-order valence-electron chi connectivity index (χ3n) is 5.20. The molecule has 1 aliphatic rings. The minimum absolute atomic E-state index is 0.0270. The van der Waals surface area contributed by atoms with Gasteiger partial charge in [0.25, 0.3) is 5.91 Å². The first-order chi connectivity index (χ1) is 13.2. The molecule has 2 N–H and O–H groups in total. The van der Waals surface area contributed by atoms with Gasteiger partial charge in [0, 0.05) is 18.8 Å². The van der Waals surface area contributed by atoms with E-state index in [1.807, 2.05) is 30.3 Å². The second-order valence-electron chi connectivity index (χ2n) is 6.83. The van der Waals surface area contributed by atoms with Crippen molar-refractivity contribution in [3.63, 3.8) is 0 Å². The van der Waals surface area contributed by atoms with Gasteiger partial charge in [-0.25, -0.2) is 0 Å². The number of ether oxygens (including phenoxy) is 1. The van der Waals surface area contributed by atoms with Gasteiger partial charge in [0.1, 0.15) is 16.6 Å². The van der Waals surface area contributed by atoms with Crippen LogP contribution in [-0.4, -0.2) is 39.5 Å². The van der Waals surface area contributed by atoms with Gasteiger partial charge in [-0.2, -0.15) is 8.75 Å². The summed E-state index contributed by atoms with van der Waals surface area (Å²) in [6.45, 7) is 1.40. The standard InChI is InChI=1S/C20H21N3O3S/c24-19(14-6-7-17-18(12-14)23-27-22-17)21-13-20(25,15-4-2-1-3-5-15)16-8-10-26-11-9-16/h1-7,12,16,25H,8-11,13H2,(H,21,24). The Morgan fingerprint density at radius 1 is 1.15 bits per heavy atom. The molecule has 2 aromatic carbocycles. The summed E-state index contributed by atoms with van der Waals surface area (Å²) in [5.41, 5.74) is 1.68. The van der Waals surface area contributed by atoms with Crippen LogP contribution in [0.15, 0.2) is 48.5 Å². The van der Waals surface area contributed by atoms with Crippen molar-refractivity contribution in [2.45, 2.75) is 18.4 Å². The van der Waals surface area contributed by atoms with E-state index in [0.717, 1.165) is 35.6 Å². The first kappa shape index (κ1) is 18.0. The fourth-order valence-corrected chi connectivity index (χ4v) is 4.14. The average Bonchev–Trinajstić information content (AvgIpc) is 3.21. The Balaban J connectivity index is 1.55. The summed E-state index contributed by atoms with van der Waals surface area (Å²) in [5, 5.41) is 14.5. The smallest absolute Gasteiger partial charge is 0.251 e. The largest absolute Gasteiger partial charge is 0.383 e. The van der Waals surface area contributed by atoms with Crippen LogP contribution in [0.3, 0.4) is 0 Å². The van der Waals surface area contributed by atoms with Crippen LogP contribution in [0.2, 0.25) is 0 Å². The number of amides is 1. The van der Waals surface area contributed by atoms with Crippen LogP contribution in [0.4, 0.5) is 0 Å². The van der Waals surface area contributed by atoms with Gasteiger partial charge >= 0.3 is 0 Å². The van der Waals surface area contributed by atoms with Crippen LogP contribution in [0.5, 0.6) is 0 Å². The van der Waals surface area contributed by atoms with E-state index >= 15 is 0 Å². The molecule has 1 saturated heterocycles. The Bertz CT molecular complexity index is 924. The van der Waals surface area contributed by atoms with Gasteiger partial charge in [-0.15, -0.1) is 0 Å². The number of nitrogens with zero attached hydrogens (tertiary/aromatic N) is 2. The molecule has 4 rings (SSSR count). The summed E-state index contributed by atoms with van der Waals surface area (Å²) in [7, 11) is 0. The minimum Gasteiger partial charge on any atom is -0.383 e. The normalized spacial score (nSPS) is 17.5. The number of nitrogens with one attached hydrogen (secondary N) is 1. The van der Waals surface area contributed by atoms with Crippen molar-refractivity contribution in [1.29, 1.82) is 0 Å². The summed E-state index contributed by atoms with van der Waals surface area (Å²) in [4.78, 5) is 12.7. The molecule has 0 saturated carbocycles. The number of hydrogen-bond donors (Lipinski definition) is 2. The molecule has 1 aromatic heterocycles. The highest BCUT2D eigenvalue weighted by atomic mass is 32.1. The third kappa shape index (κ3) is 3.71. The van der Waals surface area contributed by atoms with Crippen molar-refractivity contribution >= 4 is 28.7 Å². The van der Waals surface area contributed by atoms with E-state index in [4.69, 9.17) is 4.74 Å². The maximum Gasteiger partial charge on any atom is 0.251 e. The number of benzene rings is 2. The van der Waals surface area contributed by atoms with Crippen molar-refractivity contribution in [2.75, 3.05) is 19.8 Å². The first-order valence-corrected chi connectivity index (χ1v) is 9.76. The zero-order valence-corrected chi connectivity index (χ0v) is 15.6. The summed E-state index contributed by atoms with van der Waals surface area (Å²) < 4.78 is 13.8. The average molecular weight is 383 g/mol. The lowest BCUT2D eigenvalue weighted by molar-refractivity contribution is -0.0680. The lowest BCUT2D eigenvalue weighted by atomic mass is 9.77. The molecular formula is C20H21N3O3S. The molecule has 2 heterocycles. The highest BCUT2D eigenvalue weighted by Crippen LogP contribution is 2.35. The van der Waals surface area contributed by atoms with Crippen molar-refractivity contribution in [3.05, 3.63) is 59.7 Å². The molecule has 27 heavy (non-hydrogen) atoms. The molecule has 1 unspecified atom stereocenters. The van der Waals surface area contributed by atoms with E-state index in [1.165, 1.54) is 0 Å². The molecule has 3 aromatic rings. The van der Waals surface area contributed by atoms with Crippen molar-refractivity contribution in [2.24, 2.45) is 5.92 Å². The van der Waals surface area contributed by atoms with Gasteiger partial charge in [0.2, 0.25) is 0 Å². The summed E-state index contributed by atoms with van der Waals surface area (Å²) in [6.07, 6.45) is 1.52. The van der Waals surface area contributed by atoms with Crippen LogP contribution in [0, 0.1) is 5.92 Å². The van der Waals surface area contributed by atoms with Crippen LogP contribution in [-0.2, 0) is 10.3 Å². The molecule has 1 fully saturated rings. The number of aliphatic hydroxyl groups is 1. The molecule has 0 radical (unpaired) electrons. The molecule has 6 nitrogen and oxygen atoms in total. The quantitative estimate of drug-likeness (QED) is 0.708. The Labute approximate surface area is 161 Å². The van der Waals surface area contributed by atoms with E-state index in [9.17, 15) is 9.90 Å². The highest BCUT2D eigenvalue weighted by molar-refractivity contribution is 7.00. The van der Waals surface area contributed by atoms with Gasteiger partial charge in [-0.05, 0) is 42.5 Å². The molecule has 0 bridgehead atoms. The molecule has 1 amide bonds. The van der Waals surface area contributed by atoms with Gasteiger partial charge in [-0.1, -0.05) is 30.3 Å². The maximum atomic E-state index is 12.7. The van der Waals surface area contributed by atoms with Gasteiger partial charge in [0.15, 0.2) is 0 Å². The number of hydrogen-bond acceptors (Lipinski definition) is 6. The number of aromatic nitrogens is 2. The van der Waals surface area contributed by atoms with E-state index < -0.39 is 5.60 Å². The van der Waals surface area contributed by atoms with Crippen molar-refractivity contribution in [1.82, 2.24) is 14.1 Å². The second-order valence-corrected chi connectivity index (χ2v) is 7.36. The number of carbonyl (C=O) groups is 1. The topological polar surface area (TPSA) is 84.3 Å². The Morgan fingerprint density at radius 2 is 1.89 bits per heavy atom. The van der Waals surface area contributed by atoms with Crippen molar-refractivity contribution < 1.29 is 14.6 Å². The van der Waals surface area contributed by atoms with E-state index in [1.54, 1.807) is 18.2 Å². The van der Waals surface area contributed by atoms with Crippen LogP contribution < -0.4 is 5.32 Å². The summed E-state index contributed by atoms with van der Waals surface area (Å²) in [5.74, 6) is -0.203. The Hall–Kier alpha value is -2.35. The van der Waals surface area contributed by atoms with Crippen LogP contribution in [0.25, 0.3) is 11.0 Å². The van der Waals surface area contributed by atoms with E-state index in [0.29, 0.717) is 24.3 Å². The van der Waals surface area contributed by atoms with Crippen molar-refractivity contribution in [3.8, 4) is 0 Å². The minimum atomic E-state index is -1.13. The predicted octanol–water partition coefficient (Wildman–Crippen LogP) is 2.74.